The van der Waals surface area contributed by atoms with Crippen molar-refractivity contribution in [2.75, 3.05) is 5.32 Å². The maximum Gasteiger partial charge on any atom is 0.271 e. The lowest BCUT2D eigenvalue weighted by atomic mass is 10.1. The highest BCUT2D eigenvalue weighted by Gasteiger charge is 2.13. The average molecular weight is 348 g/mol. The van der Waals surface area contributed by atoms with Gasteiger partial charge in [0.05, 0.1) is 4.92 Å². The van der Waals surface area contributed by atoms with E-state index >= 15 is 0 Å². The van der Waals surface area contributed by atoms with E-state index in [1.54, 1.807) is 42.5 Å². The highest BCUT2D eigenvalue weighted by molar-refractivity contribution is 6.04. The van der Waals surface area contributed by atoms with E-state index in [1.165, 1.54) is 12.1 Å². The Bertz CT molecular complexity index is 912. The summed E-state index contributed by atoms with van der Waals surface area (Å²) in [5.41, 5.74) is 1.30. The van der Waals surface area contributed by atoms with Crippen molar-refractivity contribution < 1.29 is 14.5 Å². The number of nitro groups is 1. The molecule has 0 saturated carbocycles. The Morgan fingerprint density at radius 2 is 1.62 bits per heavy atom. The first-order valence-electron chi connectivity index (χ1n) is 7.94. The zero-order valence-corrected chi connectivity index (χ0v) is 13.8. The summed E-state index contributed by atoms with van der Waals surface area (Å²) < 4.78 is 5.64. The number of hydrogen-bond acceptors (Lipinski definition) is 4. The summed E-state index contributed by atoms with van der Waals surface area (Å²) in [6.07, 6.45) is 0. The SMILES string of the molecule is O=C(Nc1cc(COc2ccccc2)cc([N+](=O)[O-])c1)c1ccccc1. The van der Waals surface area contributed by atoms with Gasteiger partial charge in [-0.15, -0.1) is 0 Å². The van der Waals surface area contributed by atoms with E-state index in [0.717, 1.165) is 0 Å². The lowest BCUT2D eigenvalue weighted by Crippen LogP contribution is -2.12. The van der Waals surface area contributed by atoms with E-state index < -0.39 is 4.92 Å². The molecule has 0 spiro atoms. The summed E-state index contributed by atoms with van der Waals surface area (Å²) in [5, 5.41) is 13.9. The molecule has 130 valence electrons. The summed E-state index contributed by atoms with van der Waals surface area (Å²) in [6, 6.07) is 22.2. The number of carbonyl (C=O) groups is 1. The van der Waals surface area contributed by atoms with Gasteiger partial charge in [0.25, 0.3) is 11.6 Å². The van der Waals surface area contributed by atoms with Crippen molar-refractivity contribution in [1.82, 2.24) is 0 Å². The Balaban J connectivity index is 1.79. The molecule has 0 radical (unpaired) electrons. The molecular weight excluding hydrogens is 332 g/mol. The second-order valence-electron chi connectivity index (χ2n) is 5.57. The zero-order valence-electron chi connectivity index (χ0n) is 13.8. The lowest BCUT2D eigenvalue weighted by Gasteiger charge is -2.09. The Kier molecular flexibility index (Phi) is 5.24. The minimum absolute atomic E-state index is 0.109. The Hall–Kier alpha value is -3.67. The van der Waals surface area contributed by atoms with Crippen molar-refractivity contribution in [2.45, 2.75) is 6.61 Å². The third-order valence-corrected chi connectivity index (χ3v) is 3.63. The smallest absolute Gasteiger partial charge is 0.271 e. The summed E-state index contributed by atoms with van der Waals surface area (Å²) in [5.74, 6) is 0.329. The van der Waals surface area contributed by atoms with Crippen molar-refractivity contribution in [1.29, 1.82) is 0 Å². The predicted octanol–water partition coefficient (Wildman–Crippen LogP) is 4.43. The molecule has 6 heteroatoms. The van der Waals surface area contributed by atoms with Crippen LogP contribution < -0.4 is 10.1 Å². The van der Waals surface area contributed by atoms with Crippen molar-refractivity contribution in [3.05, 3.63) is 100 Å². The minimum Gasteiger partial charge on any atom is -0.489 e. The molecule has 0 atom stereocenters. The fraction of sp³-hybridized carbons (Fsp3) is 0.0500. The Labute approximate surface area is 150 Å². The van der Waals surface area contributed by atoms with Gasteiger partial charge in [-0.05, 0) is 35.9 Å². The molecule has 26 heavy (non-hydrogen) atoms. The number of amides is 1. The molecule has 0 unspecified atom stereocenters. The summed E-state index contributed by atoms with van der Waals surface area (Å²) in [7, 11) is 0. The van der Waals surface area contributed by atoms with Crippen LogP contribution in [0.2, 0.25) is 0 Å². The number of nitrogens with one attached hydrogen (secondary N) is 1. The third kappa shape index (κ3) is 4.45. The summed E-state index contributed by atoms with van der Waals surface area (Å²) in [4.78, 5) is 23.0. The largest absolute Gasteiger partial charge is 0.489 e. The van der Waals surface area contributed by atoms with Gasteiger partial charge in [0.1, 0.15) is 12.4 Å². The van der Waals surface area contributed by atoms with Gasteiger partial charge in [-0.1, -0.05) is 36.4 Å². The molecule has 0 bridgehead atoms. The average Bonchev–Trinajstić information content (AvgIpc) is 2.67. The number of anilines is 1. The minimum atomic E-state index is -0.496. The fourth-order valence-corrected chi connectivity index (χ4v) is 2.41. The first kappa shape index (κ1) is 17.2. The van der Waals surface area contributed by atoms with E-state index in [1.807, 2.05) is 24.3 Å². The van der Waals surface area contributed by atoms with Crippen LogP contribution in [0.15, 0.2) is 78.9 Å². The standard InChI is InChI=1S/C20H16N2O4/c23-20(16-7-3-1-4-8-16)21-17-11-15(12-18(13-17)22(24)25)14-26-19-9-5-2-6-10-19/h1-13H,14H2,(H,21,23). The van der Waals surface area contributed by atoms with E-state index in [-0.39, 0.29) is 18.2 Å². The molecule has 3 aromatic rings. The number of nitrogens with zero attached hydrogens (tertiary/aromatic N) is 1. The molecule has 0 saturated heterocycles. The van der Waals surface area contributed by atoms with Crippen LogP contribution in [0.3, 0.4) is 0 Å². The van der Waals surface area contributed by atoms with Crippen LogP contribution in [-0.2, 0) is 6.61 Å². The summed E-state index contributed by atoms with van der Waals surface area (Å²) in [6.45, 7) is 0.153. The molecule has 0 aliphatic carbocycles. The number of non-ortho nitro benzene ring substituents is 1. The van der Waals surface area contributed by atoms with Crippen LogP contribution >= 0.6 is 0 Å². The lowest BCUT2D eigenvalue weighted by molar-refractivity contribution is -0.384. The molecule has 0 aliphatic heterocycles. The van der Waals surface area contributed by atoms with Gasteiger partial charge >= 0.3 is 0 Å². The van der Waals surface area contributed by atoms with Crippen molar-refractivity contribution in [3.63, 3.8) is 0 Å². The topological polar surface area (TPSA) is 81.5 Å². The maximum atomic E-state index is 12.3. The van der Waals surface area contributed by atoms with Gasteiger partial charge in [0.15, 0.2) is 0 Å². The van der Waals surface area contributed by atoms with E-state index in [2.05, 4.69) is 5.32 Å². The van der Waals surface area contributed by atoms with Crippen LogP contribution in [0.1, 0.15) is 15.9 Å². The second-order valence-corrected chi connectivity index (χ2v) is 5.57. The molecule has 0 fully saturated rings. The quantitative estimate of drug-likeness (QED) is 0.528. The van der Waals surface area contributed by atoms with Gasteiger partial charge in [-0.2, -0.15) is 0 Å². The highest BCUT2D eigenvalue weighted by atomic mass is 16.6. The molecule has 0 heterocycles. The summed E-state index contributed by atoms with van der Waals surface area (Å²) >= 11 is 0. The first-order chi connectivity index (χ1) is 12.6. The number of ether oxygens (including phenoxy) is 1. The third-order valence-electron chi connectivity index (χ3n) is 3.63. The zero-order chi connectivity index (χ0) is 18.4. The number of hydrogen-bond donors (Lipinski definition) is 1. The normalized spacial score (nSPS) is 10.2. The van der Waals surface area contributed by atoms with Crippen LogP contribution in [0.25, 0.3) is 0 Å². The number of carbonyl (C=O) groups excluding carboxylic acids is 1. The monoisotopic (exact) mass is 348 g/mol. The highest BCUT2D eigenvalue weighted by Crippen LogP contribution is 2.23. The van der Waals surface area contributed by atoms with Gasteiger partial charge in [0.2, 0.25) is 0 Å². The molecular formula is C20H16N2O4. The van der Waals surface area contributed by atoms with Crippen LogP contribution in [0.4, 0.5) is 11.4 Å². The van der Waals surface area contributed by atoms with Crippen LogP contribution in [0, 0.1) is 10.1 Å². The molecule has 3 rings (SSSR count). The molecule has 1 N–H and O–H groups in total. The van der Waals surface area contributed by atoms with Gasteiger partial charge in [0, 0.05) is 23.4 Å². The van der Waals surface area contributed by atoms with Crippen LogP contribution in [-0.4, -0.2) is 10.8 Å². The van der Waals surface area contributed by atoms with Gasteiger partial charge < -0.3 is 10.1 Å². The number of nitro benzene ring substituents is 1. The molecule has 1 amide bonds. The van der Waals surface area contributed by atoms with E-state index in [0.29, 0.717) is 22.6 Å². The van der Waals surface area contributed by atoms with Gasteiger partial charge in [-0.3, -0.25) is 14.9 Å². The molecule has 0 aliphatic rings. The number of rotatable bonds is 6. The first-order valence-corrected chi connectivity index (χ1v) is 7.94. The van der Waals surface area contributed by atoms with Crippen molar-refractivity contribution in [3.8, 4) is 5.75 Å². The van der Waals surface area contributed by atoms with E-state index in [4.69, 9.17) is 4.74 Å². The number of para-hydroxylation sites is 1. The predicted molar refractivity (Wildman–Crippen MR) is 98.3 cm³/mol. The van der Waals surface area contributed by atoms with E-state index in [9.17, 15) is 14.9 Å². The maximum absolute atomic E-state index is 12.3. The molecule has 0 aromatic heterocycles. The number of benzene rings is 3. The van der Waals surface area contributed by atoms with Gasteiger partial charge in [-0.25, -0.2) is 0 Å². The van der Waals surface area contributed by atoms with Crippen LogP contribution in [0.5, 0.6) is 5.75 Å². The Morgan fingerprint density at radius 3 is 2.27 bits per heavy atom. The molecule has 3 aromatic carbocycles. The Morgan fingerprint density at radius 1 is 0.962 bits per heavy atom. The second kappa shape index (κ2) is 7.94. The van der Waals surface area contributed by atoms with Crippen molar-refractivity contribution >= 4 is 17.3 Å². The van der Waals surface area contributed by atoms with Crippen molar-refractivity contribution in [2.24, 2.45) is 0 Å². The fourth-order valence-electron chi connectivity index (χ4n) is 2.41. The molecule has 6 nitrogen and oxygen atoms in total.